The molecule has 0 heterocycles. The highest BCUT2D eigenvalue weighted by molar-refractivity contribution is 7.45. The van der Waals surface area contributed by atoms with Gasteiger partial charge in [0.1, 0.15) is 25.2 Å². The summed E-state index contributed by atoms with van der Waals surface area (Å²) < 4.78 is 0. The number of hydrogen-bond donors (Lipinski definition) is 0. The van der Waals surface area contributed by atoms with Crippen molar-refractivity contribution >= 4 is 33.0 Å². The van der Waals surface area contributed by atoms with Crippen molar-refractivity contribution in [2.45, 2.75) is 32.6 Å². The Hall–Kier alpha value is -2.07. The molecule has 0 N–H and O–H groups in total. The number of nitrogens with zero attached hydrogens (tertiary/aromatic N) is 2. The van der Waals surface area contributed by atoms with Gasteiger partial charge in [0.15, 0.2) is 5.52 Å². The van der Waals surface area contributed by atoms with E-state index in [0.717, 1.165) is 37.5 Å². The molecule has 0 fully saturated rings. The second-order valence-corrected chi connectivity index (χ2v) is 5.67. The van der Waals surface area contributed by atoms with E-state index in [-0.39, 0.29) is 5.52 Å². The lowest BCUT2D eigenvalue weighted by molar-refractivity contribution is -0.105. The molecule has 1 aromatic carbocycles. The third kappa shape index (κ3) is 9.16. The van der Waals surface area contributed by atoms with Crippen molar-refractivity contribution in [1.82, 2.24) is 0 Å². The Kier molecular flexibility index (Phi) is 10.3. The number of oxime groups is 2. The van der Waals surface area contributed by atoms with Gasteiger partial charge in [0.25, 0.3) is 0 Å². The Morgan fingerprint density at radius 2 is 1.62 bits per heavy atom. The quantitative estimate of drug-likeness (QED) is 0.191. The molecule has 1 aromatic rings. The molecule has 0 bridgehead atoms. The molecule has 7 heteroatoms. The lowest BCUT2D eigenvalue weighted by Gasteiger charge is -2.01. The number of carbonyl (C=O) groups excluding carboxylic acids is 2. The lowest BCUT2D eigenvalue weighted by Crippen LogP contribution is -2.02. The second kappa shape index (κ2) is 12.4. The van der Waals surface area contributed by atoms with Gasteiger partial charge < -0.3 is 9.68 Å². The standard InChI is InChI=1S/C17H23N2O4P/c1-14(17(21)24)19-23-11-5-3-2-4-10-22-18-12-15-6-8-16(13-20)9-7-15/h6-9,12-13H,2-5,10-11,24H2,1H3/b18-12-,19-14-. The maximum absolute atomic E-state index is 10.9. The minimum atomic E-state index is -0.160. The number of unbranched alkanes of at least 4 members (excludes halogenated alkanes) is 3. The largest absolute Gasteiger partial charge is 0.396 e. The first kappa shape index (κ1) is 20.0. The minimum absolute atomic E-state index is 0.160. The van der Waals surface area contributed by atoms with E-state index in [4.69, 9.17) is 9.68 Å². The van der Waals surface area contributed by atoms with Crippen molar-refractivity contribution in [2.75, 3.05) is 13.2 Å². The zero-order chi connectivity index (χ0) is 17.6. The van der Waals surface area contributed by atoms with Gasteiger partial charge in [-0.25, -0.2) is 0 Å². The molecule has 0 amide bonds. The molecule has 0 aromatic heterocycles. The Morgan fingerprint density at radius 3 is 2.21 bits per heavy atom. The maximum atomic E-state index is 10.9. The summed E-state index contributed by atoms with van der Waals surface area (Å²) in [7, 11) is 2.06. The zero-order valence-electron chi connectivity index (χ0n) is 13.8. The number of rotatable bonds is 12. The summed E-state index contributed by atoms with van der Waals surface area (Å²) in [5, 5.41) is 7.60. The molecule has 0 aliphatic carbocycles. The Balaban J connectivity index is 2.00. The number of carbonyl (C=O) groups is 2. The van der Waals surface area contributed by atoms with E-state index >= 15 is 0 Å². The molecule has 0 radical (unpaired) electrons. The van der Waals surface area contributed by atoms with Crippen LogP contribution in [0.4, 0.5) is 0 Å². The molecule has 1 atom stereocenters. The van der Waals surface area contributed by atoms with E-state index in [1.54, 1.807) is 25.3 Å². The van der Waals surface area contributed by atoms with Gasteiger partial charge in [0.2, 0.25) is 0 Å². The van der Waals surface area contributed by atoms with Crippen LogP contribution in [-0.4, -0.2) is 37.0 Å². The monoisotopic (exact) mass is 350 g/mol. The molecule has 24 heavy (non-hydrogen) atoms. The summed E-state index contributed by atoms with van der Waals surface area (Å²) in [4.78, 5) is 31.6. The van der Waals surface area contributed by atoms with Crippen LogP contribution < -0.4 is 0 Å². The van der Waals surface area contributed by atoms with Crippen LogP contribution in [0.2, 0.25) is 0 Å². The van der Waals surface area contributed by atoms with Crippen LogP contribution >= 0.6 is 9.24 Å². The van der Waals surface area contributed by atoms with Crippen LogP contribution in [0.25, 0.3) is 0 Å². The van der Waals surface area contributed by atoms with E-state index in [1.165, 1.54) is 0 Å². The second-order valence-electron chi connectivity index (χ2n) is 5.14. The van der Waals surface area contributed by atoms with Crippen LogP contribution in [0.15, 0.2) is 34.6 Å². The van der Waals surface area contributed by atoms with Gasteiger partial charge in [0, 0.05) is 5.56 Å². The van der Waals surface area contributed by atoms with Gasteiger partial charge in [-0.1, -0.05) is 43.8 Å². The normalized spacial score (nSPS) is 11.5. The predicted molar refractivity (Wildman–Crippen MR) is 97.6 cm³/mol. The van der Waals surface area contributed by atoms with Crippen molar-refractivity contribution in [3.8, 4) is 0 Å². The van der Waals surface area contributed by atoms with E-state index in [2.05, 4.69) is 19.6 Å². The van der Waals surface area contributed by atoms with Crippen molar-refractivity contribution in [2.24, 2.45) is 10.3 Å². The van der Waals surface area contributed by atoms with Gasteiger partial charge in [-0.05, 0) is 38.2 Å². The van der Waals surface area contributed by atoms with E-state index in [0.29, 0.717) is 24.5 Å². The minimum Gasteiger partial charge on any atom is -0.396 e. The Morgan fingerprint density at radius 1 is 1.04 bits per heavy atom. The topological polar surface area (TPSA) is 77.3 Å². The fraction of sp³-hybridized carbons (Fsp3) is 0.412. The number of benzene rings is 1. The zero-order valence-corrected chi connectivity index (χ0v) is 15.0. The summed E-state index contributed by atoms with van der Waals surface area (Å²) >= 11 is 0. The number of hydrogen-bond acceptors (Lipinski definition) is 6. The molecule has 6 nitrogen and oxygen atoms in total. The SMILES string of the molecule is C/C(=N/OCCCCCCO/N=C\c1ccc(C=O)cc1)C(=O)P. The van der Waals surface area contributed by atoms with Crippen molar-refractivity contribution in [3.63, 3.8) is 0 Å². The third-order valence-corrected chi connectivity index (χ3v) is 3.55. The average molecular weight is 350 g/mol. The van der Waals surface area contributed by atoms with Gasteiger partial charge >= 0.3 is 0 Å². The highest BCUT2D eigenvalue weighted by Crippen LogP contribution is 2.02. The molecule has 0 spiro atoms. The van der Waals surface area contributed by atoms with Crippen LogP contribution in [0.3, 0.4) is 0 Å². The first-order chi connectivity index (χ1) is 11.6. The molecular weight excluding hydrogens is 327 g/mol. The molecule has 130 valence electrons. The van der Waals surface area contributed by atoms with E-state index in [1.807, 2.05) is 12.1 Å². The van der Waals surface area contributed by atoms with Crippen LogP contribution in [-0.2, 0) is 14.5 Å². The highest BCUT2D eigenvalue weighted by atomic mass is 31.0. The molecule has 0 aliphatic heterocycles. The van der Waals surface area contributed by atoms with Gasteiger partial charge in [-0.2, -0.15) is 0 Å². The summed E-state index contributed by atoms with van der Waals surface area (Å²) in [6.07, 6.45) is 6.23. The van der Waals surface area contributed by atoms with Crippen molar-refractivity contribution < 1.29 is 19.3 Å². The first-order valence-corrected chi connectivity index (χ1v) is 8.38. The van der Waals surface area contributed by atoms with Crippen molar-refractivity contribution in [3.05, 3.63) is 35.4 Å². The average Bonchev–Trinajstić information content (AvgIpc) is 2.59. The Bertz CT molecular complexity index is 570. The molecule has 0 saturated carbocycles. The fourth-order valence-electron chi connectivity index (χ4n) is 1.69. The molecule has 1 unspecified atom stereocenters. The van der Waals surface area contributed by atoms with Gasteiger partial charge in [-0.15, -0.1) is 0 Å². The maximum Gasteiger partial charge on any atom is 0.195 e. The smallest absolute Gasteiger partial charge is 0.195 e. The van der Waals surface area contributed by atoms with Crippen LogP contribution in [0, 0.1) is 0 Å². The lowest BCUT2D eigenvalue weighted by atomic mass is 10.2. The van der Waals surface area contributed by atoms with Crippen molar-refractivity contribution in [1.29, 1.82) is 0 Å². The Labute approximate surface area is 144 Å². The summed E-state index contributed by atoms with van der Waals surface area (Å²) in [5.41, 5.74) is 1.72. The van der Waals surface area contributed by atoms with Gasteiger partial charge in [0.05, 0.1) is 6.21 Å². The third-order valence-electron chi connectivity index (χ3n) is 3.13. The summed E-state index contributed by atoms with van der Waals surface area (Å²) in [6.45, 7) is 2.68. The molecular formula is C17H23N2O4P. The van der Waals surface area contributed by atoms with Gasteiger partial charge in [-0.3, -0.25) is 9.59 Å². The summed E-state index contributed by atoms with van der Waals surface area (Å²) in [5.74, 6) is 0. The molecule has 0 aliphatic rings. The van der Waals surface area contributed by atoms with E-state index in [9.17, 15) is 9.59 Å². The summed E-state index contributed by atoms with van der Waals surface area (Å²) in [6, 6.07) is 7.09. The molecule has 0 saturated heterocycles. The fourth-order valence-corrected chi connectivity index (χ4v) is 1.74. The molecule has 1 rings (SSSR count). The predicted octanol–water partition coefficient (Wildman–Crippen LogP) is 3.20. The van der Waals surface area contributed by atoms with Crippen LogP contribution in [0.5, 0.6) is 0 Å². The van der Waals surface area contributed by atoms with Crippen LogP contribution in [0.1, 0.15) is 48.5 Å². The first-order valence-electron chi connectivity index (χ1n) is 7.80. The van der Waals surface area contributed by atoms with E-state index < -0.39 is 0 Å². The number of aldehydes is 1. The highest BCUT2D eigenvalue weighted by Gasteiger charge is 1.98.